The highest BCUT2D eigenvalue weighted by Gasteiger charge is 2.20. The first kappa shape index (κ1) is 27.2. The van der Waals surface area contributed by atoms with Crippen molar-refractivity contribution in [1.29, 1.82) is 0 Å². The lowest BCUT2D eigenvalue weighted by Crippen LogP contribution is -2.21. The molecular formula is C44H35N. The number of allylic oxidation sites excluding steroid dienone is 3. The summed E-state index contributed by atoms with van der Waals surface area (Å²) < 4.78 is 0. The van der Waals surface area contributed by atoms with E-state index in [0.717, 1.165) is 5.70 Å². The van der Waals surface area contributed by atoms with Crippen molar-refractivity contribution in [2.45, 2.75) is 25.8 Å². The lowest BCUT2D eigenvalue weighted by Gasteiger charge is -2.26. The molecule has 8 rings (SSSR count). The van der Waals surface area contributed by atoms with Crippen LogP contribution in [-0.2, 0) is 0 Å². The van der Waals surface area contributed by atoms with Crippen LogP contribution in [0.4, 0.5) is 0 Å². The molecule has 1 heteroatoms. The maximum absolute atomic E-state index is 3.88. The van der Waals surface area contributed by atoms with Crippen molar-refractivity contribution in [2.75, 3.05) is 0 Å². The Morgan fingerprint density at radius 2 is 1.24 bits per heavy atom. The molecule has 0 radical (unpaired) electrons. The molecule has 1 N–H and O–H groups in total. The predicted octanol–water partition coefficient (Wildman–Crippen LogP) is 11.4. The SMILES string of the molecule is Cc1cc(-c2ccccc2)cc(-c2ccc(C3=CC(c4ccc5c(c4)C=CC5C)=CC(c4ccc5ccccc5c4)N3)cc2)c1. The van der Waals surface area contributed by atoms with Gasteiger partial charge in [-0.25, -0.2) is 0 Å². The fraction of sp³-hybridized carbons (Fsp3) is 0.0909. The van der Waals surface area contributed by atoms with E-state index in [4.69, 9.17) is 0 Å². The third-order valence-corrected chi connectivity index (χ3v) is 9.28. The van der Waals surface area contributed by atoms with Crippen molar-refractivity contribution in [1.82, 2.24) is 5.32 Å². The fourth-order valence-electron chi connectivity index (χ4n) is 6.82. The minimum atomic E-state index is 0.0530. The van der Waals surface area contributed by atoms with Crippen LogP contribution in [0.3, 0.4) is 0 Å². The van der Waals surface area contributed by atoms with Crippen LogP contribution in [0.1, 0.15) is 52.3 Å². The van der Waals surface area contributed by atoms with E-state index < -0.39 is 0 Å². The minimum absolute atomic E-state index is 0.0530. The molecule has 1 heterocycles. The maximum Gasteiger partial charge on any atom is 0.0707 e. The van der Waals surface area contributed by atoms with Crippen molar-refractivity contribution in [3.8, 4) is 22.3 Å². The van der Waals surface area contributed by atoms with Gasteiger partial charge < -0.3 is 5.32 Å². The first-order chi connectivity index (χ1) is 22.1. The van der Waals surface area contributed by atoms with Crippen LogP contribution in [0.2, 0.25) is 0 Å². The zero-order valence-electron chi connectivity index (χ0n) is 25.7. The summed E-state index contributed by atoms with van der Waals surface area (Å²) in [7, 11) is 0. The van der Waals surface area contributed by atoms with Gasteiger partial charge >= 0.3 is 0 Å². The second-order valence-corrected chi connectivity index (χ2v) is 12.4. The second kappa shape index (κ2) is 11.3. The molecule has 0 bridgehead atoms. The van der Waals surface area contributed by atoms with Gasteiger partial charge in [0, 0.05) is 5.70 Å². The number of aryl methyl sites for hydroxylation is 1. The molecule has 1 aliphatic heterocycles. The number of nitrogens with one attached hydrogen (secondary N) is 1. The third-order valence-electron chi connectivity index (χ3n) is 9.28. The zero-order valence-corrected chi connectivity index (χ0v) is 25.7. The Labute approximate surface area is 265 Å². The quantitative estimate of drug-likeness (QED) is 0.215. The van der Waals surface area contributed by atoms with Crippen molar-refractivity contribution in [3.05, 3.63) is 185 Å². The van der Waals surface area contributed by atoms with E-state index in [9.17, 15) is 0 Å². The van der Waals surface area contributed by atoms with Gasteiger partial charge in [-0.3, -0.25) is 0 Å². The molecule has 2 unspecified atom stereocenters. The molecule has 0 fully saturated rings. The van der Waals surface area contributed by atoms with E-state index >= 15 is 0 Å². The van der Waals surface area contributed by atoms with E-state index in [1.165, 1.54) is 72.0 Å². The Kier molecular flexibility index (Phi) is 6.80. The van der Waals surface area contributed by atoms with Gasteiger partial charge in [0.05, 0.1) is 6.04 Å². The Morgan fingerprint density at radius 1 is 0.556 bits per heavy atom. The highest BCUT2D eigenvalue weighted by atomic mass is 14.9. The van der Waals surface area contributed by atoms with Crippen LogP contribution in [0.5, 0.6) is 0 Å². The van der Waals surface area contributed by atoms with Gasteiger partial charge in [0.25, 0.3) is 0 Å². The molecule has 0 saturated carbocycles. The van der Waals surface area contributed by atoms with E-state index in [0.29, 0.717) is 5.92 Å². The molecule has 2 aliphatic rings. The monoisotopic (exact) mass is 577 g/mol. The third kappa shape index (κ3) is 5.32. The van der Waals surface area contributed by atoms with Crippen molar-refractivity contribution in [2.24, 2.45) is 0 Å². The molecule has 0 aromatic heterocycles. The van der Waals surface area contributed by atoms with Gasteiger partial charge in [0.15, 0.2) is 0 Å². The van der Waals surface area contributed by atoms with Crippen LogP contribution in [0.25, 0.3) is 50.4 Å². The van der Waals surface area contributed by atoms with Crippen LogP contribution < -0.4 is 5.32 Å². The molecular weight excluding hydrogens is 542 g/mol. The zero-order chi connectivity index (χ0) is 30.3. The maximum atomic E-state index is 3.88. The lowest BCUT2D eigenvalue weighted by molar-refractivity contribution is 0.768. The van der Waals surface area contributed by atoms with Crippen molar-refractivity contribution in [3.63, 3.8) is 0 Å². The fourth-order valence-corrected chi connectivity index (χ4v) is 6.82. The normalized spacial score (nSPS) is 17.0. The van der Waals surface area contributed by atoms with Crippen molar-refractivity contribution >= 4 is 28.1 Å². The topological polar surface area (TPSA) is 12.0 Å². The van der Waals surface area contributed by atoms with Crippen LogP contribution in [0, 0.1) is 6.92 Å². The average molecular weight is 578 g/mol. The molecule has 6 aromatic rings. The first-order valence-electron chi connectivity index (χ1n) is 15.9. The highest BCUT2D eigenvalue weighted by Crippen LogP contribution is 2.37. The summed E-state index contributed by atoms with van der Waals surface area (Å²) in [5.74, 6) is 0.475. The molecule has 0 saturated heterocycles. The number of hydrogen-bond acceptors (Lipinski definition) is 1. The van der Waals surface area contributed by atoms with Crippen LogP contribution >= 0.6 is 0 Å². The molecule has 216 valence electrons. The van der Waals surface area contributed by atoms with Gasteiger partial charge in [0.1, 0.15) is 0 Å². The molecule has 45 heavy (non-hydrogen) atoms. The van der Waals surface area contributed by atoms with Crippen LogP contribution in [0.15, 0.2) is 152 Å². The Morgan fingerprint density at radius 3 is 2.04 bits per heavy atom. The summed E-state index contributed by atoms with van der Waals surface area (Å²) in [6.07, 6.45) is 9.26. The summed E-state index contributed by atoms with van der Waals surface area (Å²) >= 11 is 0. The van der Waals surface area contributed by atoms with Gasteiger partial charge in [-0.15, -0.1) is 0 Å². The van der Waals surface area contributed by atoms with Crippen LogP contribution in [-0.4, -0.2) is 0 Å². The number of benzene rings is 6. The van der Waals surface area contributed by atoms with E-state index in [1.807, 2.05) is 0 Å². The summed E-state index contributed by atoms with van der Waals surface area (Å²) in [5.41, 5.74) is 15.0. The summed E-state index contributed by atoms with van der Waals surface area (Å²) in [4.78, 5) is 0. The predicted molar refractivity (Wildman–Crippen MR) is 192 cm³/mol. The number of fused-ring (bicyclic) bond motifs is 2. The largest absolute Gasteiger partial charge is 0.374 e. The number of hydrogen-bond donors (Lipinski definition) is 1. The smallest absolute Gasteiger partial charge is 0.0707 e. The molecule has 2 atom stereocenters. The van der Waals surface area contributed by atoms with E-state index in [2.05, 4.69) is 177 Å². The summed E-state index contributed by atoms with van der Waals surface area (Å²) in [5, 5.41) is 6.40. The van der Waals surface area contributed by atoms with E-state index in [1.54, 1.807) is 0 Å². The van der Waals surface area contributed by atoms with Crippen molar-refractivity contribution < 1.29 is 0 Å². The molecule has 0 amide bonds. The van der Waals surface area contributed by atoms with Gasteiger partial charge in [-0.1, -0.05) is 134 Å². The molecule has 0 spiro atoms. The first-order valence-corrected chi connectivity index (χ1v) is 15.9. The standard InChI is InChI=1S/C44H35N/c1-29-22-39(31-8-4-3-5-9-31)26-40(23-29)33-14-17-34(18-15-33)43-27-41(36-20-21-42-30(2)12-13-37(42)24-36)28-44(45-43)38-19-16-32-10-6-7-11-35(32)25-38/h3-28,30,44-45H,1-2H3. The number of dihydropyridines is 1. The Bertz CT molecular complexity index is 2140. The van der Waals surface area contributed by atoms with Gasteiger partial charge in [-0.2, -0.15) is 0 Å². The van der Waals surface area contributed by atoms with E-state index in [-0.39, 0.29) is 6.04 Å². The average Bonchev–Trinajstić information content (AvgIpc) is 3.47. The summed E-state index contributed by atoms with van der Waals surface area (Å²) in [6, 6.07) is 48.9. The second-order valence-electron chi connectivity index (χ2n) is 12.4. The summed E-state index contributed by atoms with van der Waals surface area (Å²) in [6.45, 7) is 4.44. The van der Waals surface area contributed by atoms with Gasteiger partial charge in [-0.05, 0) is 115 Å². The Hall–Kier alpha value is -5.40. The molecule has 1 aliphatic carbocycles. The molecule has 1 nitrogen and oxygen atoms in total. The minimum Gasteiger partial charge on any atom is -0.374 e. The highest BCUT2D eigenvalue weighted by molar-refractivity contribution is 5.89. The number of rotatable bonds is 5. The van der Waals surface area contributed by atoms with Gasteiger partial charge in [0.2, 0.25) is 0 Å². The molecule has 6 aromatic carbocycles. The lowest BCUT2D eigenvalue weighted by atomic mass is 9.90. The Balaban J connectivity index is 1.17.